The van der Waals surface area contributed by atoms with Crippen LogP contribution < -0.4 is 0 Å². The second-order valence-corrected chi connectivity index (χ2v) is 5.88. The molecule has 0 heterocycles. The third-order valence-corrected chi connectivity index (χ3v) is 4.10. The van der Waals surface area contributed by atoms with Gasteiger partial charge in [-0.1, -0.05) is 6.07 Å². The Balaban J connectivity index is 3.44. The van der Waals surface area contributed by atoms with Crippen molar-refractivity contribution in [1.82, 2.24) is 4.31 Å². The monoisotopic (exact) mass is 279 g/mol. The van der Waals surface area contributed by atoms with Crippen LogP contribution >= 0.6 is 0 Å². The summed E-state index contributed by atoms with van der Waals surface area (Å²) in [5.41, 5.74) is 0.0692. The molecule has 0 N–H and O–H groups in total. The van der Waals surface area contributed by atoms with Gasteiger partial charge in [0, 0.05) is 14.1 Å². The summed E-state index contributed by atoms with van der Waals surface area (Å²) in [6.45, 7) is 0. The largest absolute Gasteiger partial charge is 0.245 e. The van der Waals surface area contributed by atoms with Crippen LogP contribution in [0.3, 0.4) is 0 Å². The molecule has 0 saturated carbocycles. The molecule has 19 heavy (non-hydrogen) atoms. The first-order valence-corrected chi connectivity index (χ1v) is 6.51. The van der Waals surface area contributed by atoms with E-state index < -0.39 is 20.7 Å². The van der Waals surface area contributed by atoms with Gasteiger partial charge in [-0.25, -0.2) is 17.1 Å². The Labute approximate surface area is 110 Å². The minimum Gasteiger partial charge on any atom is -0.207 e. The smallest absolute Gasteiger partial charge is 0.207 e. The minimum absolute atomic E-state index is 0.195. The molecule has 0 aliphatic heterocycles. The van der Waals surface area contributed by atoms with Gasteiger partial charge < -0.3 is 0 Å². The zero-order chi connectivity index (χ0) is 14.6. The summed E-state index contributed by atoms with van der Waals surface area (Å²) in [7, 11) is -1.35. The highest BCUT2D eigenvalue weighted by atomic mass is 32.2. The van der Waals surface area contributed by atoms with E-state index in [9.17, 15) is 12.8 Å². The molecule has 0 bridgehead atoms. The lowest BCUT2D eigenvalue weighted by atomic mass is 10.1. The highest BCUT2D eigenvalue weighted by Crippen LogP contribution is 2.20. The molecule has 0 amide bonds. The summed E-state index contributed by atoms with van der Waals surface area (Å²) in [5.74, 6) is -0.888. The van der Waals surface area contributed by atoms with E-state index in [0.29, 0.717) is 0 Å². The number of hydrogen-bond acceptors (Lipinski definition) is 4. The van der Waals surface area contributed by atoms with E-state index in [-0.39, 0.29) is 11.1 Å². The second-order valence-electron chi connectivity index (χ2n) is 3.76. The van der Waals surface area contributed by atoms with Crippen LogP contribution in [0.2, 0.25) is 0 Å². The number of rotatable bonds is 3. The topological polar surface area (TPSA) is 85.0 Å². The number of hydrogen-bond donors (Lipinski definition) is 0. The first-order valence-electron chi connectivity index (χ1n) is 5.07. The fourth-order valence-corrected chi connectivity index (χ4v) is 2.25. The Morgan fingerprint density at radius 3 is 2.37 bits per heavy atom. The van der Waals surface area contributed by atoms with Crippen molar-refractivity contribution in [2.75, 3.05) is 14.1 Å². The molecule has 0 radical (unpaired) electrons. The van der Waals surface area contributed by atoms with E-state index in [2.05, 4.69) is 0 Å². The minimum atomic E-state index is -3.92. The van der Waals surface area contributed by atoms with Gasteiger partial charge in [-0.15, -0.1) is 0 Å². The van der Waals surface area contributed by atoms with Crippen molar-refractivity contribution in [3.63, 3.8) is 0 Å². The predicted molar refractivity (Wildman–Crippen MR) is 66.5 cm³/mol. The van der Waals surface area contributed by atoms with Gasteiger partial charge in [-0.2, -0.15) is 10.5 Å². The highest BCUT2D eigenvalue weighted by molar-refractivity contribution is 7.89. The second kappa shape index (κ2) is 5.61. The fraction of sp³-hybridized carbons (Fsp3) is 0.167. The van der Waals surface area contributed by atoms with Crippen LogP contribution in [-0.2, 0) is 10.0 Å². The van der Waals surface area contributed by atoms with Crippen molar-refractivity contribution in [3.8, 4) is 12.1 Å². The van der Waals surface area contributed by atoms with Crippen molar-refractivity contribution in [3.05, 3.63) is 35.2 Å². The molecular weight excluding hydrogens is 269 g/mol. The Bertz CT molecular complexity index is 693. The molecule has 98 valence electrons. The maximum atomic E-state index is 13.6. The molecule has 7 heteroatoms. The lowest BCUT2D eigenvalue weighted by molar-refractivity contribution is 0.508. The Morgan fingerprint density at radius 1 is 1.32 bits per heavy atom. The molecule has 1 aromatic carbocycles. The third-order valence-electron chi connectivity index (χ3n) is 2.27. The van der Waals surface area contributed by atoms with Crippen LogP contribution in [0.5, 0.6) is 0 Å². The summed E-state index contributed by atoms with van der Waals surface area (Å²) >= 11 is 0. The predicted octanol–water partition coefficient (Wildman–Crippen LogP) is 1.51. The summed E-state index contributed by atoms with van der Waals surface area (Å²) in [6, 6.07) is 6.64. The molecule has 0 aromatic heterocycles. The molecule has 0 aliphatic carbocycles. The molecule has 0 fully saturated rings. The molecule has 0 spiro atoms. The summed E-state index contributed by atoms with van der Waals surface area (Å²) in [4.78, 5) is -0.499. The SMILES string of the molecule is CN(C)S(=O)(=O)c1cc(C=C(C#N)C#N)ccc1F. The molecule has 0 saturated heterocycles. The van der Waals surface area contributed by atoms with Gasteiger partial charge in [0.2, 0.25) is 10.0 Å². The highest BCUT2D eigenvalue weighted by Gasteiger charge is 2.21. The average Bonchev–Trinajstić information content (AvgIpc) is 2.37. The Morgan fingerprint density at radius 2 is 1.89 bits per heavy atom. The van der Waals surface area contributed by atoms with Crippen molar-refractivity contribution in [2.45, 2.75) is 4.90 Å². The van der Waals surface area contributed by atoms with E-state index >= 15 is 0 Å². The maximum Gasteiger partial charge on any atom is 0.245 e. The number of allylic oxidation sites excluding steroid dienone is 1. The quantitative estimate of drug-likeness (QED) is 0.785. The van der Waals surface area contributed by atoms with Gasteiger partial charge in [0.25, 0.3) is 0 Å². The summed E-state index contributed by atoms with van der Waals surface area (Å²) < 4.78 is 38.2. The molecule has 0 unspecified atom stereocenters. The van der Waals surface area contributed by atoms with Gasteiger partial charge in [-0.3, -0.25) is 0 Å². The number of nitrogens with zero attached hydrogens (tertiary/aromatic N) is 3. The molecule has 1 rings (SSSR count). The van der Waals surface area contributed by atoms with Gasteiger partial charge >= 0.3 is 0 Å². The normalized spacial score (nSPS) is 10.6. The van der Waals surface area contributed by atoms with E-state index in [1.54, 1.807) is 12.1 Å². The van der Waals surface area contributed by atoms with Crippen LogP contribution in [0.4, 0.5) is 4.39 Å². The summed E-state index contributed by atoms with van der Waals surface area (Å²) in [6.07, 6.45) is 1.19. The summed E-state index contributed by atoms with van der Waals surface area (Å²) in [5, 5.41) is 17.2. The zero-order valence-electron chi connectivity index (χ0n) is 10.3. The molecule has 0 atom stereocenters. The molecule has 1 aromatic rings. The Hall–Kier alpha value is -2.22. The van der Waals surface area contributed by atoms with E-state index in [1.165, 1.54) is 26.2 Å². The van der Waals surface area contributed by atoms with E-state index in [4.69, 9.17) is 10.5 Å². The molecular formula is C12H10FN3O2S. The van der Waals surface area contributed by atoms with Gasteiger partial charge in [0.1, 0.15) is 28.4 Å². The number of nitriles is 2. The van der Waals surface area contributed by atoms with Gasteiger partial charge in [0.15, 0.2) is 0 Å². The standard InChI is InChI=1S/C12H10FN3O2S/c1-16(2)19(17,18)12-6-9(3-4-11(12)13)5-10(7-14)8-15/h3-6H,1-2H3. The fourth-order valence-electron chi connectivity index (χ4n) is 1.26. The first-order chi connectivity index (χ1) is 8.82. The van der Waals surface area contributed by atoms with Crippen LogP contribution in [0.15, 0.2) is 28.7 Å². The van der Waals surface area contributed by atoms with Crippen molar-refractivity contribution >= 4 is 16.1 Å². The first kappa shape index (κ1) is 14.8. The maximum absolute atomic E-state index is 13.6. The Kier molecular flexibility index (Phi) is 4.38. The number of sulfonamides is 1. The molecule has 0 aliphatic rings. The lowest BCUT2D eigenvalue weighted by Crippen LogP contribution is -2.23. The van der Waals surface area contributed by atoms with Gasteiger partial charge in [0.05, 0.1) is 0 Å². The third kappa shape index (κ3) is 3.16. The number of halogens is 1. The van der Waals surface area contributed by atoms with Crippen molar-refractivity contribution in [1.29, 1.82) is 10.5 Å². The van der Waals surface area contributed by atoms with Crippen LogP contribution in [0.1, 0.15) is 5.56 Å². The average molecular weight is 279 g/mol. The molecule has 5 nitrogen and oxygen atoms in total. The van der Waals surface area contributed by atoms with Crippen LogP contribution in [0.25, 0.3) is 6.08 Å². The van der Waals surface area contributed by atoms with Crippen LogP contribution in [0, 0.1) is 28.5 Å². The number of benzene rings is 1. The van der Waals surface area contributed by atoms with E-state index in [1.807, 2.05) is 0 Å². The van der Waals surface area contributed by atoms with Gasteiger partial charge in [-0.05, 0) is 23.8 Å². The van der Waals surface area contributed by atoms with Crippen LogP contribution in [-0.4, -0.2) is 26.8 Å². The lowest BCUT2D eigenvalue weighted by Gasteiger charge is -2.12. The zero-order valence-corrected chi connectivity index (χ0v) is 11.1. The van der Waals surface area contributed by atoms with Crippen molar-refractivity contribution in [2.24, 2.45) is 0 Å². The van der Waals surface area contributed by atoms with E-state index in [0.717, 1.165) is 16.4 Å². The van der Waals surface area contributed by atoms with Crippen molar-refractivity contribution < 1.29 is 12.8 Å².